The molecule has 1 saturated heterocycles. The van der Waals surface area contributed by atoms with Crippen molar-refractivity contribution >= 4 is 17.3 Å². The fraction of sp³-hybridized carbons (Fsp3) is 0.870. The van der Waals surface area contributed by atoms with Crippen LogP contribution in [-0.4, -0.2) is 48.2 Å². The largest absolute Gasteiger partial charge is 0.396 e. The van der Waals surface area contributed by atoms with Gasteiger partial charge in [-0.2, -0.15) is 0 Å². The van der Waals surface area contributed by atoms with Crippen molar-refractivity contribution in [1.29, 1.82) is 0 Å². The third-order valence-corrected chi connectivity index (χ3v) is 9.36. The van der Waals surface area contributed by atoms with Gasteiger partial charge in [-0.15, -0.1) is 0 Å². The first-order valence-corrected chi connectivity index (χ1v) is 11.6. The minimum absolute atomic E-state index is 0.0721. The van der Waals surface area contributed by atoms with E-state index in [0.717, 1.165) is 57.3 Å². The quantitative estimate of drug-likeness (QED) is 0.708. The summed E-state index contributed by atoms with van der Waals surface area (Å²) in [6.07, 6.45) is 7.39. The highest BCUT2D eigenvalue weighted by molar-refractivity contribution is 5.93. The number of carbonyl (C=O) groups excluding carboxylic acids is 2. The van der Waals surface area contributed by atoms with Crippen LogP contribution >= 0.6 is 0 Å². The summed E-state index contributed by atoms with van der Waals surface area (Å²) >= 11 is 0. The van der Waals surface area contributed by atoms with Crippen LogP contribution in [0.3, 0.4) is 0 Å². The molecular formula is C23H34N2O4. The lowest BCUT2D eigenvalue weighted by molar-refractivity contribution is -0.160. The van der Waals surface area contributed by atoms with E-state index in [1.165, 1.54) is 0 Å². The Labute approximate surface area is 172 Å². The predicted octanol–water partition coefficient (Wildman–Crippen LogP) is 2.48. The number of hydrogen-bond donors (Lipinski definition) is 2. The summed E-state index contributed by atoms with van der Waals surface area (Å²) in [6.45, 7) is 4.01. The van der Waals surface area contributed by atoms with Gasteiger partial charge in [0.2, 0.25) is 0 Å². The molecule has 0 aromatic carbocycles. The Morgan fingerprint density at radius 1 is 1.14 bits per heavy atom. The molecule has 5 aliphatic rings. The Morgan fingerprint density at radius 2 is 2.00 bits per heavy atom. The van der Waals surface area contributed by atoms with Gasteiger partial charge < -0.3 is 15.3 Å². The minimum atomic E-state index is -0.332. The SMILES string of the molecule is C[C@]12CCC3C(CC(=O)[C@H]4CC(=NOC5CCNC5)CC[C@]34CO)C1CCC2=O. The maximum Gasteiger partial charge on any atom is 0.141 e. The molecule has 6 nitrogen and oxygen atoms in total. The van der Waals surface area contributed by atoms with E-state index in [4.69, 9.17) is 4.84 Å². The molecule has 0 aromatic heterocycles. The van der Waals surface area contributed by atoms with Crippen molar-refractivity contribution in [3.8, 4) is 0 Å². The maximum atomic E-state index is 13.3. The van der Waals surface area contributed by atoms with Crippen molar-refractivity contribution in [3.05, 3.63) is 0 Å². The third-order valence-electron chi connectivity index (χ3n) is 9.36. The van der Waals surface area contributed by atoms with Gasteiger partial charge in [0.1, 0.15) is 17.7 Å². The normalized spacial score (nSPS) is 48.3. The number of nitrogens with zero attached hydrogens (tertiary/aromatic N) is 1. The fourth-order valence-electron chi connectivity index (χ4n) is 7.66. The fourth-order valence-corrected chi connectivity index (χ4v) is 7.66. The number of oxime groups is 1. The summed E-state index contributed by atoms with van der Waals surface area (Å²) in [5, 5.41) is 18.3. The Hall–Kier alpha value is -1.27. The van der Waals surface area contributed by atoms with E-state index in [1.807, 2.05) is 0 Å². The van der Waals surface area contributed by atoms with Crippen LogP contribution < -0.4 is 5.32 Å². The first-order chi connectivity index (χ1) is 14.0. The molecule has 4 unspecified atom stereocenters. The smallest absolute Gasteiger partial charge is 0.141 e. The van der Waals surface area contributed by atoms with Crippen LogP contribution in [-0.2, 0) is 14.4 Å². The zero-order chi connectivity index (χ0) is 20.2. The predicted molar refractivity (Wildman–Crippen MR) is 108 cm³/mol. The van der Waals surface area contributed by atoms with Crippen LogP contribution in [0.2, 0.25) is 0 Å². The molecular weight excluding hydrogens is 368 g/mol. The third kappa shape index (κ3) is 2.93. The molecule has 5 fully saturated rings. The Bertz CT molecular complexity index is 730. The first kappa shape index (κ1) is 19.7. The highest BCUT2D eigenvalue weighted by Crippen LogP contribution is 2.64. The van der Waals surface area contributed by atoms with Crippen molar-refractivity contribution in [2.45, 2.75) is 70.8 Å². The summed E-state index contributed by atoms with van der Waals surface area (Å²) in [5.41, 5.74) is 0.408. The number of rotatable bonds is 3. The number of Topliss-reactive ketones (excluding diaryl/α,β-unsaturated/α-hetero) is 2. The molecule has 0 amide bonds. The lowest BCUT2D eigenvalue weighted by atomic mass is 9.44. The van der Waals surface area contributed by atoms with Crippen LogP contribution in [0.15, 0.2) is 5.16 Å². The van der Waals surface area contributed by atoms with Gasteiger partial charge in [-0.1, -0.05) is 12.1 Å². The molecule has 160 valence electrons. The van der Waals surface area contributed by atoms with Crippen molar-refractivity contribution < 1.29 is 19.5 Å². The second-order valence-electron chi connectivity index (χ2n) is 10.5. The first-order valence-electron chi connectivity index (χ1n) is 11.6. The van der Waals surface area contributed by atoms with Gasteiger partial charge in [0.15, 0.2) is 0 Å². The van der Waals surface area contributed by atoms with Crippen LogP contribution in [0.1, 0.15) is 64.7 Å². The Balaban J connectivity index is 1.38. The zero-order valence-electron chi connectivity index (χ0n) is 17.5. The van der Waals surface area contributed by atoms with Crippen molar-refractivity contribution in [3.63, 3.8) is 0 Å². The average Bonchev–Trinajstić information content (AvgIpc) is 3.35. The molecule has 0 bridgehead atoms. The van der Waals surface area contributed by atoms with Crippen molar-refractivity contribution in [1.82, 2.24) is 5.32 Å². The molecule has 4 aliphatic carbocycles. The van der Waals surface area contributed by atoms with E-state index in [2.05, 4.69) is 17.4 Å². The van der Waals surface area contributed by atoms with E-state index in [1.54, 1.807) is 0 Å². The topological polar surface area (TPSA) is 88.0 Å². The zero-order valence-corrected chi connectivity index (χ0v) is 17.5. The van der Waals surface area contributed by atoms with Gasteiger partial charge in [0, 0.05) is 49.2 Å². The number of aliphatic hydroxyl groups excluding tert-OH is 1. The summed E-state index contributed by atoms with van der Waals surface area (Å²) < 4.78 is 0. The van der Waals surface area contributed by atoms with Gasteiger partial charge in [-0.3, -0.25) is 9.59 Å². The number of hydrogen-bond acceptors (Lipinski definition) is 6. The lowest BCUT2D eigenvalue weighted by Gasteiger charge is -2.59. The van der Waals surface area contributed by atoms with Gasteiger partial charge in [0.05, 0.1) is 5.71 Å². The van der Waals surface area contributed by atoms with Crippen LogP contribution in [0, 0.1) is 34.5 Å². The molecule has 0 spiro atoms. The molecule has 4 saturated carbocycles. The maximum absolute atomic E-state index is 13.3. The van der Waals surface area contributed by atoms with E-state index >= 15 is 0 Å². The van der Waals surface area contributed by atoms with Crippen molar-refractivity contribution in [2.24, 2.45) is 39.7 Å². The molecule has 0 radical (unpaired) electrons. The highest BCUT2D eigenvalue weighted by Gasteiger charge is 2.63. The van der Waals surface area contributed by atoms with E-state index < -0.39 is 0 Å². The molecule has 0 aromatic rings. The molecule has 1 aliphatic heterocycles. The molecule has 29 heavy (non-hydrogen) atoms. The van der Waals surface area contributed by atoms with Crippen molar-refractivity contribution in [2.75, 3.05) is 19.7 Å². The van der Waals surface area contributed by atoms with Gasteiger partial charge in [0.25, 0.3) is 0 Å². The van der Waals surface area contributed by atoms with Gasteiger partial charge in [-0.25, -0.2) is 0 Å². The Morgan fingerprint density at radius 3 is 2.76 bits per heavy atom. The number of nitrogens with one attached hydrogen (secondary N) is 1. The summed E-state index contributed by atoms with van der Waals surface area (Å²) in [7, 11) is 0. The van der Waals surface area contributed by atoms with E-state index in [-0.39, 0.29) is 41.2 Å². The summed E-state index contributed by atoms with van der Waals surface area (Å²) in [6, 6.07) is 0. The Kier molecular flexibility index (Phi) is 4.86. The number of fused-ring (bicyclic) bond motifs is 5. The molecule has 7 atom stereocenters. The molecule has 2 N–H and O–H groups in total. The number of ketones is 2. The molecule has 5 rings (SSSR count). The van der Waals surface area contributed by atoms with Gasteiger partial charge >= 0.3 is 0 Å². The number of aliphatic hydroxyl groups is 1. The summed E-state index contributed by atoms with van der Waals surface area (Å²) in [5.74, 6) is 1.45. The second-order valence-corrected chi connectivity index (χ2v) is 10.5. The monoisotopic (exact) mass is 402 g/mol. The van der Waals surface area contributed by atoms with E-state index in [9.17, 15) is 14.7 Å². The summed E-state index contributed by atoms with van der Waals surface area (Å²) in [4.78, 5) is 31.6. The standard InChI is InChI=1S/C23H34N2O4/c1-22-7-5-18-16(17(22)2-3-21(22)28)11-20(27)19-10-14(4-8-23(18,19)13-26)25-29-15-6-9-24-12-15/h15-19,24,26H,2-13H2,1H3/t15?,16?,17?,18?,19-,22+,23+/m1/s1. The average molecular weight is 403 g/mol. The molecule has 1 heterocycles. The van der Waals surface area contributed by atoms with E-state index in [0.29, 0.717) is 36.9 Å². The van der Waals surface area contributed by atoms with Crippen LogP contribution in [0.5, 0.6) is 0 Å². The second kappa shape index (κ2) is 7.16. The molecule has 6 heteroatoms. The van der Waals surface area contributed by atoms with Gasteiger partial charge in [-0.05, 0) is 62.8 Å². The lowest BCUT2D eigenvalue weighted by Crippen LogP contribution is -2.59. The highest BCUT2D eigenvalue weighted by atomic mass is 16.6. The number of carbonyl (C=O) groups is 2. The minimum Gasteiger partial charge on any atom is -0.396 e. The van der Waals surface area contributed by atoms with Crippen LogP contribution in [0.4, 0.5) is 0 Å². The van der Waals surface area contributed by atoms with Crippen LogP contribution in [0.25, 0.3) is 0 Å².